The SMILES string of the molecule is CC1(CN)CCN(Cc2nc(-c3cccc(C(F)(F)F)c3)no2)C1.Cl. The van der Waals surface area contributed by atoms with E-state index in [0.29, 0.717) is 19.0 Å². The molecule has 1 atom stereocenters. The number of aromatic nitrogens is 2. The van der Waals surface area contributed by atoms with Crippen molar-refractivity contribution in [2.24, 2.45) is 11.1 Å². The first-order chi connectivity index (χ1) is 11.3. The normalized spacial score (nSPS) is 21.3. The average molecular weight is 377 g/mol. The number of hydrogen-bond donors (Lipinski definition) is 1. The zero-order valence-corrected chi connectivity index (χ0v) is 14.5. The molecule has 0 spiro atoms. The summed E-state index contributed by atoms with van der Waals surface area (Å²) in [6.07, 6.45) is -3.40. The van der Waals surface area contributed by atoms with Crippen LogP contribution in [0.5, 0.6) is 0 Å². The van der Waals surface area contributed by atoms with E-state index < -0.39 is 11.7 Å². The van der Waals surface area contributed by atoms with Gasteiger partial charge in [-0.25, -0.2) is 0 Å². The van der Waals surface area contributed by atoms with Crippen molar-refractivity contribution in [3.05, 3.63) is 35.7 Å². The molecule has 138 valence electrons. The summed E-state index contributed by atoms with van der Waals surface area (Å²) in [6, 6.07) is 4.91. The maximum Gasteiger partial charge on any atom is 0.416 e. The second kappa shape index (κ2) is 7.31. The van der Waals surface area contributed by atoms with Crippen LogP contribution >= 0.6 is 12.4 Å². The van der Waals surface area contributed by atoms with E-state index in [1.165, 1.54) is 12.1 Å². The van der Waals surface area contributed by atoms with Crippen LogP contribution in [-0.2, 0) is 12.7 Å². The third kappa shape index (κ3) is 4.50. The summed E-state index contributed by atoms with van der Waals surface area (Å²) in [4.78, 5) is 6.39. The molecular formula is C16H20ClF3N4O. The van der Waals surface area contributed by atoms with Gasteiger partial charge < -0.3 is 10.3 Å². The van der Waals surface area contributed by atoms with Gasteiger partial charge in [0.15, 0.2) is 0 Å². The lowest BCUT2D eigenvalue weighted by molar-refractivity contribution is -0.137. The number of hydrogen-bond acceptors (Lipinski definition) is 5. The molecule has 1 fully saturated rings. The maximum absolute atomic E-state index is 12.8. The van der Waals surface area contributed by atoms with Crippen molar-refractivity contribution in [3.63, 3.8) is 0 Å². The van der Waals surface area contributed by atoms with E-state index in [2.05, 4.69) is 22.0 Å². The quantitative estimate of drug-likeness (QED) is 0.886. The van der Waals surface area contributed by atoms with E-state index >= 15 is 0 Å². The lowest BCUT2D eigenvalue weighted by Crippen LogP contribution is -2.31. The smallest absolute Gasteiger partial charge is 0.338 e. The fourth-order valence-corrected chi connectivity index (χ4v) is 2.89. The molecule has 1 aliphatic heterocycles. The minimum absolute atomic E-state index is 0. The summed E-state index contributed by atoms with van der Waals surface area (Å²) in [6.45, 7) is 4.94. The fourth-order valence-electron chi connectivity index (χ4n) is 2.89. The van der Waals surface area contributed by atoms with Crippen LogP contribution in [0.3, 0.4) is 0 Å². The first-order valence-electron chi connectivity index (χ1n) is 7.72. The standard InChI is InChI=1S/C16H19F3N4O.ClH/c1-15(9-20)5-6-23(10-15)8-13-21-14(22-24-13)11-3-2-4-12(7-11)16(17,18)19;/h2-4,7H,5-6,8-10,20H2,1H3;1H. The molecule has 0 amide bonds. The van der Waals surface area contributed by atoms with E-state index in [9.17, 15) is 13.2 Å². The third-order valence-electron chi connectivity index (χ3n) is 4.40. The molecule has 0 saturated carbocycles. The number of halogens is 4. The highest BCUT2D eigenvalue weighted by Gasteiger charge is 2.33. The number of nitrogens with two attached hydrogens (primary N) is 1. The highest BCUT2D eigenvalue weighted by molar-refractivity contribution is 5.85. The Morgan fingerprint density at radius 1 is 1.36 bits per heavy atom. The number of rotatable bonds is 4. The van der Waals surface area contributed by atoms with Crippen LogP contribution in [0.4, 0.5) is 13.2 Å². The number of nitrogens with zero attached hydrogens (tertiary/aromatic N) is 3. The molecule has 0 aliphatic carbocycles. The predicted molar refractivity (Wildman–Crippen MR) is 89.0 cm³/mol. The molecule has 5 nitrogen and oxygen atoms in total. The topological polar surface area (TPSA) is 68.2 Å². The summed E-state index contributed by atoms with van der Waals surface area (Å²) in [7, 11) is 0. The van der Waals surface area contributed by atoms with E-state index in [1.807, 2.05) is 0 Å². The maximum atomic E-state index is 12.8. The molecule has 2 aromatic rings. The summed E-state index contributed by atoms with van der Waals surface area (Å²) in [5, 5.41) is 3.80. The highest BCUT2D eigenvalue weighted by atomic mass is 35.5. The van der Waals surface area contributed by atoms with Gasteiger partial charge >= 0.3 is 6.18 Å². The minimum Gasteiger partial charge on any atom is -0.338 e. The molecule has 2 heterocycles. The molecule has 1 saturated heterocycles. The first kappa shape index (κ1) is 19.7. The molecule has 0 bridgehead atoms. The summed E-state index contributed by atoms with van der Waals surface area (Å²) in [5.74, 6) is 0.556. The van der Waals surface area contributed by atoms with E-state index in [1.54, 1.807) is 0 Å². The van der Waals surface area contributed by atoms with Crippen LogP contribution in [0, 0.1) is 5.41 Å². The lowest BCUT2D eigenvalue weighted by Gasteiger charge is -2.21. The summed E-state index contributed by atoms with van der Waals surface area (Å²) in [5.41, 5.74) is 5.42. The van der Waals surface area contributed by atoms with Crippen LogP contribution in [0.1, 0.15) is 24.8 Å². The van der Waals surface area contributed by atoms with Crippen molar-refractivity contribution < 1.29 is 17.7 Å². The molecule has 2 N–H and O–H groups in total. The Morgan fingerprint density at radius 3 is 2.76 bits per heavy atom. The largest absolute Gasteiger partial charge is 0.416 e. The summed E-state index contributed by atoms with van der Waals surface area (Å²) >= 11 is 0. The molecule has 25 heavy (non-hydrogen) atoms. The molecule has 1 aromatic heterocycles. The molecule has 1 unspecified atom stereocenters. The van der Waals surface area contributed by atoms with Crippen molar-refractivity contribution in [3.8, 4) is 11.4 Å². The molecule has 1 aromatic carbocycles. The van der Waals surface area contributed by atoms with Gasteiger partial charge in [0.05, 0.1) is 12.1 Å². The van der Waals surface area contributed by atoms with Crippen molar-refractivity contribution >= 4 is 12.4 Å². The van der Waals surface area contributed by atoms with E-state index in [0.717, 1.165) is 31.6 Å². The Morgan fingerprint density at radius 2 is 2.12 bits per heavy atom. The number of benzene rings is 1. The number of likely N-dealkylation sites (tertiary alicyclic amines) is 1. The van der Waals surface area contributed by atoms with Crippen molar-refractivity contribution in [2.45, 2.75) is 26.1 Å². The highest BCUT2D eigenvalue weighted by Crippen LogP contribution is 2.32. The van der Waals surface area contributed by atoms with Gasteiger partial charge in [0.2, 0.25) is 11.7 Å². The van der Waals surface area contributed by atoms with Gasteiger partial charge in [0, 0.05) is 12.1 Å². The van der Waals surface area contributed by atoms with E-state index in [4.69, 9.17) is 10.3 Å². The zero-order chi connectivity index (χ0) is 17.4. The predicted octanol–water partition coefficient (Wildman–Crippen LogP) is 3.35. The van der Waals surface area contributed by atoms with Crippen LogP contribution in [0.2, 0.25) is 0 Å². The lowest BCUT2D eigenvalue weighted by atomic mass is 9.90. The van der Waals surface area contributed by atoms with Crippen LogP contribution < -0.4 is 5.73 Å². The van der Waals surface area contributed by atoms with Crippen molar-refractivity contribution in [1.29, 1.82) is 0 Å². The Balaban J connectivity index is 0.00000225. The van der Waals surface area contributed by atoms with Crippen molar-refractivity contribution in [2.75, 3.05) is 19.6 Å². The van der Waals surface area contributed by atoms with Crippen molar-refractivity contribution in [1.82, 2.24) is 15.0 Å². The van der Waals surface area contributed by atoms with Crippen LogP contribution in [0.15, 0.2) is 28.8 Å². The molecule has 9 heteroatoms. The van der Waals surface area contributed by atoms with E-state index in [-0.39, 0.29) is 29.2 Å². The fraction of sp³-hybridized carbons (Fsp3) is 0.500. The Hall–Kier alpha value is -1.64. The van der Waals surface area contributed by atoms with Gasteiger partial charge in [0.1, 0.15) is 0 Å². The molecule has 3 rings (SSSR count). The molecular weight excluding hydrogens is 357 g/mol. The van der Waals surface area contributed by atoms with Gasteiger partial charge in [0.25, 0.3) is 0 Å². The third-order valence-corrected chi connectivity index (χ3v) is 4.40. The average Bonchev–Trinajstić information content (AvgIpc) is 3.15. The van der Waals surface area contributed by atoms with Gasteiger partial charge in [-0.05, 0) is 37.1 Å². The van der Waals surface area contributed by atoms with Crippen LogP contribution in [-0.4, -0.2) is 34.7 Å². The minimum atomic E-state index is -4.40. The van der Waals surface area contributed by atoms with Gasteiger partial charge in [-0.15, -0.1) is 12.4 Å². The second-order valence-electron chi connectivity index (χ2n) is 6.57. The van der Waals surface area contributed by atoms with Gasteiger partial charge in [-0.3, -0.25) is 4.90 Å². The zero-order valence-electron chi connectivity index (χ0n) is 13.7. The Labute approximate surface area is 149 Å². The molecule has 0 radical (unpaired) electrons. The number of alkyl halides is 3. The summed E-state index contributed by atoms with van der Waals surface area (Å²) < 4.78 is 43.5. The van der Waals surface area contributed by atoms with Gasteiger partial charge in [-0.2, -0.15) is 18.2 Å². The first-order valence-corrected chi connectivity index (χ1v) is 7.72. The second-order valence-corrected chi connectivity index (χ2v) is 6.57. The van der Waals surface area contributed by atoms with Gasteiger partial charge in [-0.1, -0.05) is 24.2 Å². The van der Waals surface area contributed by atoms with Crippen LogP contribution in [0.25, 0.3) is 11.4 Å². The monoisotopic (exact) mass is 376 g/mol. The Kier molecular flexibility index (Phi) is 5.75. The Bertz CT molecular complexity index is 721. The molecule has 1 aliphatic rings.